The van der Waals surface area contributed by atoms with Crippen LogP contribution >= 0.6 is 0 Å². The molecule has 0 aromatic carbocycles. The SMILES string of the molecule is CCC(N)Cn1c(C)nc2c1c(=O)n(C)c(=O)n2C. The third kappa shape index (κ3) is 1.99. The summed E-state index contributed by atoms with van der Waals surface area (Å²) in [6.45, 7) is 4.32. The van der Waals surface area contributed by atoms with Crippen LogP contribution in [-0.2, 0) is 20.6 Å². The van der Waals surface area contributed by atoms with Crippen LogP contribution in [0.4, 0.5) is 0 Å². The Morgan fingerprint density at radius 1 is 1.26 bits per heavy atom. The molecular weight excluding hydrogens is 246 g/mol. The van der Waals surface area contributed by atoms with Crippen molar-refractivity contribution in [1.29, 1.82) is 0 Å². The van der Waals surface area contributed by atoms with Crippen molar-refractivity contribution in [2.75, 3.05) is 0 Å². The standard InChI is InChI=1S/C12H19N5O2/c1-5-8(13)6-17-7(2)14-10-9(17)11(18)16(4)12(19)15(10)3/h8H,5-6,13H2,1-4H3. The summed E-state index contributed by atoms with van der Waals surface area (Å²) in [5.74, 6) is 0.692. The van der Waals surface area contributed by atoms with Crippen LogP contribution in [0.2, 0.25) is 0 Å². The van der Waals surface area contributed by atoms with Crippen molar-refractivity contribution in [3.05, 3.63) is 26.7 Å². The average molecular weight is 265 g/mol. The minimum Gasteiger partial charge on any atom is -0.326 e. The van der Waals surface area contributed by atoms with Gasteiger partial charge in [0.05, 0.1) is 0 Å². The van der Waals surface area contributed by atoms with E-state index in [1.54, 1.807) is 11.6 Å². The second kappa shape index (κ2) is 4.65. The predicted octanol–water partition coefficient (Wildman–Crippen LogP) is -0.521. The van der Waals surface area contributed by atoms with Crippen LogP contribution < -0.4 is 17.0 Å². The van der Waals surface area contributed by atoms with Crippen molar-refractivity contribution in [2.24, 2.45) is 19.8 Å². The zero-order chi connectivity index (χ0) is 14.3. The largest absolute Gasteiger partial charge is 0.332 e. The first kappa shape index (κ1) is 13.5. The Bertz CT molecular complexity index is 737. The molecule has 0 radical (unpaired) electrons. The van der Waals surface area contributed by atoms with Crippen LogP contribution in [0.5, 0.6) is 0 Å². The van der Waals surface area contributed by atoms with Gasteiger partial charge in [-0.2, -0.15) is 0 Å². The number of hydrogen-bond donors (Lipinski definition) is 1. The van der Waals surface area contributed by atoms with E-state index in [0.29, 0.717) is 23.5 Å². The van der Waals surface area contributed by atoms with Crippen molar-refractivity contribution in [3.63, 3.8) is 0 Å². The Kier molecular flexibility index (Phi) is 3.32. The molecule has 1 unspecified atom stereocenters. The van der Waals surface area contributed by atoms with E-state index in [4.69, 9.17) is 5.73 Å². The summed E-state index contributed by atoms with van der Waals surface area (Å²) < 4.78 is 4.28. The van der Waals surface area contributed by atoms with Gasteiger partial charge in [-0.15, -0.1) is 0 Å². The van der Waals surface area contributed by atoms with Gasteiger partial charge in [-0.05, 0) is 13.3 Å². The van der Waals surface area contributed by atoms with Crippen molar-refractivity contribution < 1.29 is 0 Å². The highest BCUT2D eigenvalue weighted by molar-refractivity contribution is 5.71. The summed E-state index contributed by atoms with van der Waals surface area (Å²) in [7, 11) is 3.08. The molecule has 1 atom stereocenters. The number of aryl methyl sites for hydroxylation is 2. The number of nitrogens with two attached hydrogens (primary N) is 1. The van der Waals surface area contributed by atoms with Crippen molar-refractivity contribution in [2.45, 2.75) is 32.9 Å². The van der Waals surface area contributed by atoms with Crippen molar-refractivity contribution in [1.82, 2.24) is 18.7 Å². The van der Waals surface area contributed by atoms with Gasteiger partial charge in [0.1, 0.15) is 5.82 Å². The molecule has 104 valence electrons. The molecule has 0 aliphatic rings. The molecule has 19 heavy (non-hydrogen) atoms. The van der Waals surface area contributed by atoms with Gasteiger partial charge in [0.15, 0.2) is 11.2 Å². The van der Waals surface area contributed by atoms with E-state index in [1.807, 2.05) is 13.8 Å². The summed E-state index contributed by atoms with van der Waals surface area (Å²) >= 11 is 0. The molecule has 2 aromatic heterocycles. The van der Waals surface area contributed by atoms with Crippen LogP contribution in [-0.4, -0.2) is 24.7 Å². The average Bonchev–Trinajstić information content (AvgIpc) is 2.71. The molecule has 2 rings (SSSR count). The molecule has 0 saturated heterocycles. The molecule has 2 N–H and O–H groups in total. The Labute approximate surface area is 110 Å². The van der Waals surface area contributed by atoms with Crippen LogP contribution in [0.3, 0.4) is 0 Å². The summed E-state index contributed by atoms with van der Waals surface area (Å²) in [5.41, 5.74) is 6.10. The molecule has 0 aliphatic heterocycles. The lowest BCUT2D eigenvalue weighted by Gasteiger charge is -2.12. The first-order valence-electron chi connectivity index (χ1n) is 6.26. The molecule has 0 saturated carbocycles. The highest BCUT2D eigenvalue weighted by atomic mass is 16.2. The quantitative estimate of drug-likeness (QED) is 0.809. The molecule has 0 amide bonds. The topological polar surface area (TPSA) is 87.8 Å². The van der Waals surface area contributed by atoms with Gasteiger partial charge in [-0.25, -0.2) is 9.78 Å². The molecule has 0 aliphatic carbocycles. The predicted molar refractivity (Wildman–Crippen MR) is 73.2 cm³/mol. The smallest absolute Gasteiger partial charge is 0.326 e. The zero-order valence-electron chi connectivity index (χ0n) is 11.7. The second-order valence-electron chi connectivity index (χ2n) is 4.82. The molecule has 0 fully saturated rings. The van der Waals surface area contributed by atoms with Crippen LogP contribution in [0.1, 0.15) is 19.2 Å². The minimum absolute atomic E-state index is 0.0435. The molecule has 0 bridgehead atoms. The normalized spacial score (nSPS) is 13.1. The third-order valence-corrected chi connectivity index (χ3v) is 3.48. The maximum atomic E-state index is 12.3. The molecule has 2 aromatic rings. The monoisotopic (exact) mass is 265 g/mol. The Hall–Kier alpha value is -1.89. The van der Waals surface area contributed by atoms with E-state index in [0.717, 1.165) is 11.0 Å². The Balaban J connectivity index is 2.83. The minimum atomic E-state index is -0.373. The van der Waals surface area contributed by atoms with Gasteiger partial charge in [-0.3, -0.25) is 13.9 Å². The molecule has 7 heteroatoms. The van der Waals surface area contributed by atoms with E-state index in [1.165, 1.54) is 11.6 Å². The van der Waals surface area contributed by atoms with E-state index < -0.39 is 0 Å². The lowest BCUT2D eigenvalue weighted by molar-refractivity contribution is 0.537. The zero-order valence-corrected chi connectivity index (χ0v) is 11.7. The maximum Gasteiger partial charge on any atom is 0.332 e. The van der Waals surface area contributed by atoms with E-state index in [2.05, 4.69) is 4.98 Å². The summed E-state index contributed by atoms with van der Waals surface area (Å²) in [5, 5.41) is 0. The lowest BCUT2D eigenvalue weighted by Crippen LogP contribution is -2.38. The Morgan fingerprint density at radius 3 is 2.47 bits per heavy atom. The fourth-order valence-corrected chi connectivity index (χ4v) is 2.14. The fraction of sp³-hybridized carbons (Fsp3) is 0.583. The van der Waals surface area contributed by atoms with Gasteiger partial charge >= 0.3 is 5.69 Å². The summed E-state index contributed by atoms with van der Waals surface area (Å²) in [6, 6.07) is -0.0435. The van der Waals surface area contributed by atoms with E-state index in [9.17, 15) is 9.59 Å². The highest BCUT2D eigenvalue weighted by Gasteiger charge is 2.17. The number of hydrogen-bond acceptors (Lipinski definition) is 4. The van der Waals surface area contributed by atoms with Crippen molar-refractivity contribution in [3.8, 4) is 0 Å². The lowest BCUT2D eigenvalue weighted by atomic mass is 10.2. The van der Waals surface area contributed by atoms with E-state index >= 15 is 0 Å². The van der Waals surface area contributed by atoms with Gasteiger partial charge in [0.2, 0.25) is 0 Å². The van der Waals surface area contributed by atoms with Gasteiger partial charge in [-0.1, -0.05) is 6.92 Å². The number of nitrogens with zero attached hydrogens (tertiary/aromatic N) is 4. The second-order valence-corrected chi connectivity index (χ2v) is 4.82. The van der Waals surface area contributed by atoms with Gasteiger partial charge < -0.3 is 10.3 Å². The van der Waals surface area contributed by atoms with Gasteiger partial charge in [0.25, 0.3) is 5.56 Å². The molecule has 0 spiro atoms. The fourth-order valence-electron chi connectivity index (χ4n) is 2.14. The number of imidazole rings is 1. The van der Waals surface area contributed by atoms with Crippen LogP contribution in [0.15, 0.2) is 9.59 Å². The molecule has 2 heterocycles. The van der Waals surface area contributed by atoms with Crippen molar-refractivity contribution >= 4 is 11.2 Å². The highest BCUT2D eigenvalue weighted by Crippen LogP contribution is 2.11. The number of rotatable bonds is 3. The Morgan fingerprint density at radius 2 is 1.89 bits per heavy atom. The molecular formula is C12H19N5O2. The first-order chi connectivity index (χ1) is 8.88. The first-order valence-corrected chi connectivity index (χ1v) is 6.26. The molecule has 7 nitrogen and oxygen atoms in total. The maximum absolute atomic E-state index is 12.3. The summed E-state index contributed by atoms with van der Waals surface area (Å²) in [4.78, 5) is 28.4. The van der Waals surface area contributed by atoms with Gasteiger partial charge in [0, 0.05) is 26.7 Å². The van der Waals surface area contributed by atoms with Crippen LogP contribution in [0.25, 0.3) is 11.2 Å². The van der Waals surface area contributed by atoms with Crippen LogP contribution in [0, 0.1) is 6.92 Å². The number of fused-ring (bicyclic) bond motifs is 1. The van der Waals surface area contributed by atoms with E-state index in [-0.39, 0.29) is 17.3 Å². The third-order valence-electron chi connectivity index (χ3n) is 3.48. The number of aromatic nitrogens is 4. The summed E-state index contributed by atoms with van der Waals surface area (Å²) in [6.07, 6.45) is 0.811.